The van der Waals surface area contributed by atoms with Crippen LogP contribution in [0.1, 0.15) is 110 Å². The summed E-state index contributed by atoms with van der Waals surface area (Å²) in [6.07, 6.45) is 21.1. The van der Waals surface area contributed by atoms with E-state index in [4.69, 9.17) is 19.4 Å². The smallest absolute Gasteiger partial charge is 0.143 e. The summed E-state index contributed by atoms with van der Waals surface area (Å²) in [6.45, 7) is 8.53. The highest BCUT2D eigenvalue weighted by molar-refractivity contribution is 5.60. The number of hydrogen-bond acceptors (Lipinski definition) is 7. The molecule has 9 heteroatoms. The molecule has 4 aliphatic heterocycles. The number of aromatic nitrogens is 5. The Hall–Kier alpha value is -4.93. The Labute approximate surface area is 369 Å². The van der Waals surface area contributed by atoms with E-state index in [1.807, 2.05) is 24.5 Å². The second-order valence-corrected chi connectivity index (χ2v) is 18.0. The van der Waals surface area contributed by atoms with Gasteiger partial charge >= 0.3 is 0 Å². The number of fused-ring (bicyclic) bond motifs is 4. The number of aryl methyl sites for hydroxylation is 5. The van der Waals surface area contributed by atoms with Gasteiger partial charge in [0.25, 0.3) is 0 Å². The number of hydrogen-bond donors (Lipinski definition) is 0. The van der Waals surface area contributed by atoms with Crippen LogP contribution < -0.4 is 0 Å². The van der Waals surface area contributed by atoms with Crippen LogP contribution in [0.25, 0.3) is 22.5 Å². The highest BCUT2D eigenvalue weighted by atomic mass is 16.5. The van der Waals surface area contributed by atoms with Crippen LogP contribution in [0.4, 0.5) is 0 Å². The lowest BCUT2D eigenvalue weighted by molar-refractivity contribution is -0.0276. The Kier molecular flexibility index (Phi) is 13.7. The molecule has 2 atom stereocenters. The lowest BCUT2D eigenvalue weighted by Gasteiger charge is -2.32. The van der Waals surface area contributed by atoms with Crippen molar-refractivity contribution in [3.05, 3.63) is 149 Å². The predicted molar refractivity (Wildman–Crippen MR) is 248 cm³/mol. The van der Waals surface area contributed by atoms with Crippen molar-refractivity contribution in [3.63, 3.8) is 0 Å². The molecule has 4 aliphatic rings. The van der Waals surface area contributed by atoms with Gasteiger partial charge < -0.3 is 28.4 Å². The minimum atomic E-state index is -0.109. The quantitative estimate of drug-likeness (QED) is 0.120. The van der Waals surface area contributed by atoms with E-state index in [0.29, 0.717) is 0 Å². The van der Waals surface area contributed by atoms with Crippen LogP contribution in [0.3, 0.4) is 0 Å². The van der Waals surface area contributed by atoms with Crippen LogP contribution >= 0.6 is 0 Å². The molecule has 324 valence electrons. The zero-order valence-corrected chi connectivity index (χ0v) is 37.2. The molecule has 3 aromatic carbocycles. The molecule has 0 aliphatic carbocycles. The zero-order valence-electron chi connectivity index (χ0n) is 37.2. The van der Waals surface area contributed by atoms with E-state index in [9.17, 15) is 0 Å². The van der Waals surface area contributed by atoms with Gasteiger partial charge in [-0.25, -0.2) is 9.97 Å². The second kappa shape index (κ2) is 20.1. The Morgan fingerprint density at radius 1 is 0.548 bits per heavy atom. The molecule has 0 amide bonds. The fourth-order valence-electron chi connectivity index (χ4n) is 9.73. The lowest BCUT2D eigenvalue weighted by Crippen LogP contribution is -2.35. The molecule has 7 heterocycles. The fraction of sp³-hybridized carbons (Fsp3) is 0.453. The monoisotopic (exact) mass is 832 g/mol. The molecule has 62 heavy (non-hydrogen) atoms. The molecule has 2 unspecified atom stereocenters. The summed E-state index contributed by atoms with van der Waals surface area (Å²) in [5.41, 5.74) is 11.1. The highest BCUT2D eigenvalue weighted by Gasteiger charge is 2.32. The second-order valence-electron chi connectivity index (χ2n) is 18.0. The van der Waals surface area contributed by atoms with Crippen LogP contribution in [-0.4, -0.2) is 86.4 Å². The van der Waals surface area contributed by atoms with E-state index < -0.39 is 0 Å². The van der Waals surface area contributed by atoms with E-state index in [2.05, 4.69) is 130 Å². The van der Waals surface area contributed by atoms with Crippen molar-refractivity contribution in [2.24, 2.45) is 0 Å². The van der Waals surface area contributed by atoms with Gasteiger partial charge in [0.1, 0.15) is 23.9 Å². The van der Waals surface area contributed by atoms with Gasteiger partial charge in [-0.05, 0) is 105 Å². The Morgan fingerprint density at radius 2 is 1.03 bits per heavy atom. The number of nitrogens with zero attached hydrogens (tertiary/aromatic N) is 7. The summed E-state index contributed by atoms with van der Waals surface area (Å²) in [5, 5.41) is 0. The minimum absolute atomic E-state index is 0.0984. The summed E-state index contributed by atoms with van der Waals surface area (Å²) in [7, 11) is 4.39. The molecule has 0 radical (unpaired) electrons. The molecule has 0 spiro atoms. The highest BCUT2D eigenvalue weighted by Crippen LogP contribution is 2.38. The van der Waals surface area contributed by atoms with Crippen molar-refractivity contribution in [3.8, 4) is 22.5 Å². The topological polar surface area (TPSA) is 73.5 Å². The molecule has 9 nitrogen and oxygen atoms in total. The number of imidazole rings is 2. The van der Waals surface area contributed by atoms with Gasteiger partial charge in [-0.3, -0.25) is 4.98 Å². The van der Waals surface area contributed by atoms with Crippen molar-refractivity contribution in [2.75, 3.05) is 40.3 Å². The molecular formula is C53H65N7O2. The third kappa shape index (κ3) is 9.97. The maximum absolute atomic E-state index is 6.84. The number of rotatable bonds is 11. The molecule has 0 N–H and O–H groups in total. The van der Waals surface area contributed by atoms with E-state index in [0.717, 1.165) is 106 Å². The maximum Gasteiger partial charge on any atom is 0.143 e. The largest absolute Gasteiger partial charge is 0.362 e. The van der Waals surface area contributed by atoms with Gasteiger partial charge in [0.05, 0.1) is 23.6 Å². The predicted octanol–water partition coefficient (Wildman–Crippen LogP) is 10.1. The number of pyridine rings is 1. The van der Waals surface area contributed by atoms with Gasteiger partial charge in [0.15, 0.2) is 0 Å². The van der Waals surface area contributed by atoms with Crippen molar-refractivity contribution < 1.29 is 9.47 Å². The number of piperidine rings is 2. The average molecular weight is 832 g/mol. The number of ether oxygens (including phenoxy) is 2. The third-order valence-electron chi connectivity index (χ3n) is 13.5. The summed E-state index contributed by atoms with van der Waals surface area (Å²) < 4.78 is 18.2. The summed E-state index contributed by atoms with van der Waals surface area (Å²) in [4.78, 5) is 19.1. The molecule has 3 aromatic heterocycles. The molecule has 6 aromatic rings. The number of unbranched alkanes of at least 4 members (excludes halogenated alkanes) is 3. The van der Waals surface area contributed by atoms with E-state index in [1.165, 1.54) is 65.5 Å². The molecule has 0 bridgehead atoms. The number of likely N-dealkylation sites (tertiary alicyclic amines) is 2. The molecular weight excluding hydrogens is 767 g/mol. The van der Waals surface area contributed by atoms with Gasteiger partial charge in [0, 0.05) is 75.2 Å². The van der Waals surface area contributed by atoms with Crippen molar-refractivity contribution in [1.82, 2.24) is 33.9 Å². The SMILES string of the molecule is CCCCCCc1ccc(-c2cn3c(n2)C(OC2CCN(C)CC2)c2ccccc2CC3)cc1.CN1CCC(OC2c3ccccc3CCn3cc(-c4ccncc4)nc32)CC1. The van der Waals surface area contributed by atoms with Crippen LogP contribution in [0.2, 0.25) is 0 Å². The van der Waals surface area contributed by atoms with Gasteiger partial charge in [-0.2, -0.15) is 0 Å². The van der Waals surface area contributed by atoms with Crippen LogP contribution in [-0.2, 0) is 41.8 Å². The molecule has 2 saturated heterocycles. The van der Waals surface area contributed by atoms with Crippen LogP contribution in [0, 0.1) is 0 Å². The van der Waals surface area contributed by atoms with E-state index >= 15 is 0 Å². The summed E-state index contributed by atoms with van der Waals surface area (Å²) in [6, 6.07) is 30.6. The van der Waals surface area contributed by atoms with E-state index in [-0.39, 0.29) is 24.4 Å². The lowest BCUT2D eigenvalue weighted by atomic mass is 9.99. The molecule has 10 rings (SSSR count). The normalized spacial score (nSPS) is 19.6. The Morgan fingerprint density at radius 3 is 1.53 bits per heavy atom. The zero-order chi connectivity index (χ0) is 42.3. The Balaban J connectivity index is 0.000000161. The van der Waals surface area contributed by atoms with Crippen molar-refractivity contribution >= 4 is 0 Å². The average Bonchev–Trinajstić information content (AvgIpc) is 3.87. The first-order valence-electron chi connectivity index (χ1n) is 23.5. The van der Waals surface area contributed by atoms with Crippen molar-refractivity contribution in [2.45, 2.75) is 115 Å². The standard InChI is InChI=1S/C30H39N3O.C23H26N4O/c1-3-4-5-6-9-23-12-14-25(15-13-23)28-22-33-21-16-24-10-7-8-11-27(24)29(30(33)31-28)34-26-17-19-32(2)20-18-26;1-26-13-9-19(10-14-26)28-22-20-5-3-2-4-17(20)8-15-27-16-21(25-23(22)27)18-6-11-24-12-7-18/h7-8,10-15,22,26,29H,3-6,9,16-21H2,1-2H3;2-7,11-12,16,19,22H,8-10,13-15H2,1H3. The first kappa shape index (κ1) is 42.4. The molecule has 0 saturated carbocycles. The minimum Gasteiger partial charge on any atom is -0.362 e. The Bertz CT molecular complexity index is 2340. The van der Waals surface area contributed by atoms with Crippen LogP contribution in [0.15, 0.2) is 110 Å². The summed E-state index contributed by atoms with van der Waals surface area (Å²) in [5.74, 6) is 2.08. The van der Waals surface area contributed by atoms with Gasteiger partial charge in [-0.15, -0.1) is 0 Å². The molecule has 2 fully saturated rings. The van der Waals surface area contributed by atoms with Crippen molar-refractivity contribution in [1.29, 1.82) is 0 Å². The first-order chi connectivity index (χ1) is 30.5. The number of benzene rings is 3. The van der Waals surface area contributed by atoms with Gasteiger partial charge in [-0.1, -0.05) is 99.0 Å². The third-order valence-corrected chi connectivity index (χ3v) is 13.5. The van der Waals surface area contributed by atoms with Gasteiger partial charge in [0.2, 0.25) is 0 Å². The van der Waals surface area contributed by atoms with E-state index in [1.54, 1.807) is 0 Å². The summed E-state index contributed by atoms with van der Waals surface area (Å²) >= 11 is 0. The fourth-order valence-corrected chi connectivity index (χ4v) is 9.73. The first-order valence-corrected chi connectivity index (χ1v) is 23.5. The van der Waals surface area contributed by atoms with Crippen LogP contribution in [0.5, 0.6) is 0 Å². The maximum atomic E-state index is 6.84.